The average Bonchev–Trinajstić information content (AvgIpc) is 2.09. The molecule has 7 nitrogen and oxygen atoms in total. The summed E-state index contributed by atoms with van der Waals surface area (Å²) in [5, 5.41) is 12.9. The van der Waals surface area contributed by atoms with Crippen LogP contribution in [0, 0.1) is 10.1 Å². The smallest absolute Gasteiger partial charge is 0.352 e. The maximum Gasteiger partial charge on any atom is 0.352 e. The van der Waals surface area contributed by atoms with Gasteiger partial charge in [-0.3, -0.25) is 19.5 Å². The predicted molar refractivity (Wildman–Crippen MR) is 45.7 cm³/mol. The SMILES string of the molecule is CNc1ncc([N+](=O)[O-])c(=O)n1C. The molecule has 0 amide bonds. The van der Waals surface area contributed by atoms with E-state index in [2.05, 4.69) is 10.3 Å². The van der Waals surface area contributed by atoms with E-state index in [1.807, 2.05) is 0 Å². The molecule has 7 heteroatoms. The van der Waals surface area contributed by atoms with Gasteiger partial charge < -0.3 is 5.32 Å². The number of rotatable bonds is 2. The summed E-state index contributed by atoms with van der Waals surface area (Å²) in [4.78, 5) is 24.5. The molecule has 1 aromatic rings. The van der Waals surface area contributed by atoms with E-state index in [1.54, 1.807) is 7.05 Å². The monoisotopic (exact) mass is 184 g/mol. The zero-order valence-electron chi connectivity index (χ0n) is 7.14. The summed E-state index contributed by atoms with van der Waals surface area (Å²) in [7, 11) is 2.99. The van der Waals surface area contributed by atoms with Gasteiger partial charge in [-0.25, -0.2) is 4.98 Å². The van der Waals surface area contributed by atoms with Gasteiger partial charge in [0.05, 0.1) is 4.92 Å². The van der Waals surface area contributed by atoms with Gasteiger partial charge in [0.1, 0.15) is 6.20 Å². The first-order valence-corrected chi connectivity index (χ1v) is 3.46. The summed E-state index contributed by atoms with van der Waals surface area (Å²) < 4.78 is 1.08. The van der Waals surface area contributed by atoms with Crippen molar-refractivity contribution in [2.24, 2.45) is 7.05 Å². The Morgan fingerprint density at radius 3 is 2.77 bits per heavy atom. The predicted octanol–water partition coefficient (Wildman–Crippen LogP) is -0.270. The molecule has 1 rings (SSSR count). The van der Waals surface area contributed by atoms with Crippen molar-refractivity contribution in [1.82, 2.24) is 9.55 Å². The fourth-order valence-electron chi connectivity index (χ4n) is 0.890. The van der Waals surface area contributed by atoms with E-state index in [4.69, 9.17) is 0 Å². The van der Waals surface area contributed by atoms with Gasteiger partial charge in [0.25, 0.3) is 0 Å². The summed E-state index contributed by atoms with van der Waals surface area (Å²) in [6.07, 6.45) is 0.939. The van der Waals surface area contributed by atoms with Crippen LogP contribution in [-0.4, -0.2) is 21.5 Å². The second-order valence-electron chi connectivity index (χ2n) is 2.34. The van der Waals surface area contributed by atoms with Gasteiger partial charge in [0.15, 0.2) is 0 Å². The van der Waals surface area contributed by atoms with Crippen molar-refractivity contribution in [2.75, 3.05) is 12.4 Å². The van der Waals surface area contributed by atoms with Gasteiger partial charge in [-0.15, -0.1) is 0 Å². The third-order valence-electron chi connectivity index (χ3n) is 1.57. The summed E-state index contributed by atoms with van der Waals surface area (Å²) >= 11 is 0. The lowest BCUT2D eigenvalue weighted by atomic mass is 10.5. The standard InChI is InChI=1S/C6H8N4O3/c1-7-6-8-3-4(10(12)13)5(11)9(6)2/h3H,1-2H3,(H,7,8). The Labute approximate surface area is 73.2 Å². The molecule has 0 spiro atoms. The molecule has 0 saturated carbocycles. The second kappa shape index (κ2) is 3.21. The van der Waals surface area contributed by atoms with Crippen molar-refractivity contribution in [2.45, 2.75) is 0 Å². The van der Waals surface area contributed by atoms with Gasteiger partial charge in [-0.05, 0) is 0 Å². The Bertz CT molecular complexity index is 397. The highest BCUT2D eigenvalue weighted by atomic mass is 16.6. The van der Waals surface area contributed by atoms with Crippen molar-refractivity contribution >= 4 is 11.6 Å². The molecule has 0 bridgehead atoms. The number of nitro groups is 1. The van der Waals surface area contributed by atoms with Crippen LogP contribution in [0.1, 0.15) is 0 Å². The summed E-state index contributed by atoms with van der Waals surface area (Å²) in [6, 6.07) is 0. The van der Waals surface area contributed by atoms with Gasteiger partial charge in [0, 0.05) is 14.1 Å². The minimum atomic E-state index is -0.755. The highest BCUT2D eigenvalue weighted by Crippen LogP contribution is 2.03. The number of hydrogen-bond acceptors (Lipinski definition) is 5. The Kier molecular flexibility index (Phi) is 2.27. The molecule has 0 saturated heterocycles. The van der Waals surface area contributed by atoms with Crippen LogP contribution in [-0.2, 0) is 7.05 Å². The van der Waals surface area contributed by atoms with E-state index in [-0.39, 0.29) is 5.95 Å². The zero-order chi connectivity index (χ0) is 10.0. The molecule has 13 heavy (non-hydrogen) atoms. The Balaban J connectivity index is 3.40. The summed E-state index contributed by atoms with van der Waals surface area (Å²) in [6.45, 7) is 0. The largest absolute Gasteiger partial charge is 0.359 e. The molecular weight excluding hydrogens is 176 g/mol. The van der Waals surface area contributed by atoms with Crippen LogP contribution in [0.2, 0.25) is 0 Å². The lowest BCUT2D eigenvalue weighted by Crippen LogP contribution is -2.23. The van der Waals surface area contributed by atoms with Crippen LogP contribution in [0.4, 0.5) is 11.6 Å². The number of anilines is 1. The van der Waals surface area contributed by atoms with Crippen molar-refractivity contribution in [3.05, 3.63) is 26.7 Å². The molecule has 1 N–H and O–H groups in total. The zero-order valence-corrected chi connectivity index (χ0v) is 7.14. The van der Waals surface area contributed by atoms with E-state index in [1.165, 1.54) is 7.05 Å². The van der Waals surface area contributed by atoms with Crippen LogP contribution in [0.15, 0.2) is 11.0 Å². The van der Waals surface area contributed by atoms with Crippen LogP contribution in [0.3, 0.4) is 0 Å². The minimum Gasteiger partial charge on any atom is -0.359 e. The maximum absolute atomic E-state index is 11.2. The van der Waals surface area contributed by atoms with E-state index in [0.717, 1.165) is 10.8 Å². The van der Waals surface area contributed by atoms with Gasteiger partial charge in [-0.2, -0.15) is 0 Å². The molecule has 0 unspecified atom stereocenters. The number of aromatic nitrogens is 2. The topological polar surface area (TPSA) is 90.1 Å². The summed E-state index contributed by atoms with van der Waals surface area (Å²) in [5.74, 6) is 0.288. The van der Waals surface area contributed by atoms with Crippen LogP contribution < -0.4 is 10.9 Å². The Morgan fingerprint density at radius 1 is 1.69 bits per heavy atom. The van der Waals surface area contributed by atoms with Gasteiger partial charge in [0.2, 0.25) is 5.95 Å². The van der Waals surface area contributed by atoms with E-state index >= 15 is 0 Å². The third-order valence-corrected chi connectivity index (χ3v) is 1.57. The first-order chi connectivity index (χ1) is 6.07. The van der Waals surface area contributed by atoms with Crippen molar-refractivity contribution < 1.29 is 4.92 Å². The lowest BCUT2D eigenvalue weighted by Gasteiger charge is -2.03. The van der Waals surface area contributed by atoms with E-state index in [9.17, 15) is 14.9 Å². The molecule has 0 radical (unpaired) electrons. The normalized spacial score (nSPS) is 9.69. The Hall–Kier alpha value is -1.92. The van der Waals surface area contributed by atoms with Crippen LogP contribution in [0.25, 0.3) is 0 Å². The Morgan fingerprint density at radius 2 is 2.31 bits per heavy atom. The highest BCUT2D eigenvalue weighted by Gasteiger charge is 2.15. The molecule has 0 fully saturated rings. The maximum atomic E-state index is 11.2. The van der Waals surface area contributed by atoms with E-state index in [0.29, 0.717) is 0 Å². The molecule has 1 aromatic heterocycles. The average molecular weight is 184 g/mol. The van der Waals surface area contributed by atoms with Crippen LogP contribution >= 0.6 is 0 Å². The van der Waals surface area contributed by atoms with Gasteiger partial charge in [-0.1, -0.05) is 0 Å². The third kappa shape index (κ3) is 1.48. The van der Waals surface area contributed by atoms with Crippen molar-refractivity contribution in [1.29, 1.82) is 0 Å². The van der Waals surface area contributed by atoms with Crippen molar-refractivity contribution in [3.63, 3.8) is 0 Å². The lowest BCUT2D eigenvalue weighted by molar-refractivity contribution is -0.386. The van der Waals surface area contributed by atoms with Gasteiger partial charge >= 0.3 is 11.2 Å². The molecule has 70 valence electrons. The minimum absolute atomic E-state index is 0.288. The molecule has 0 aliphatic heterocycles. The number of hydrogen-bond donors (Lipinski definition) is 1. The second-order valence-corrected chi connectivity index (χ2v) is 2.34. The van der Waals surface area contributed by atoms with Crippen molar-refractivity contribution in [3.8, 4) is 0 Å². The van der Waals surface area contributed by atoms with Crippen LogP contribution in [0.5, 0.6) is 0 Å². The fourth-order valence-corrected chi connectivity index (χ4v) is 0.890. The molecule has 1 heterocycles. The number of nitrogens with zero attached hydrogens (tertiary/aromatic N) is 3. The molecule has 0 atom stereocenters. The molecule has 0 aliphatic carbocycles. The molecule has 0 aromatic carbocycles. The highest BCUT2D eigenvalue weighted by molar-refractivity contribution is 5.31. The first kappa shape index (κ1) is 9.17. The quantitative estimate of drug-likeness (QED) is 0.504. The molecule has 0 aliphatic rings. The summed E-state index contributed by atoms with van der Waals surface area (Å²) in [5.41, 5.74) is -1.20. The molecular formula is C6H8N4O3. The van der Waals surface area contributed by atoms with E-state index < -0.39 is 16.2 Å². The fraction of sp³-hybridized carbons (Fsp3) is 0.333. The number of nitrogens with one attached hydrogen (secondary N) is 1. The first-order valence-electron chi connectivity index (χ1n) is 3.46.